The van der Waals surface area contributed by atoms with Crippen molar-refractivity contribution in [3.8, 4) is 0 Å². The minimum absolute atomic E-state index is 0.130. The summed E-state index contributed by atoms with van der Waals surface area (Å²) in [7, 11) is 0. The predicted molar refractivity (Wildman–Crippen MR) is 94.6 cm³/mol. The lowest BCUT2D eigenvalue weighted by molar-refractivity contribution is -0.138. The topological polar surface area (TPSA) is 53.5 Å². The molecule has 5 nitrogen and oxygen atoms in total. The smallest absolute Gasteiger partial charge is 0.228 e. The molecule has 0 bridgehead atoms. The highest BCUT2D eigenvalue weighted by Crippen LogP contribution is 2.35. The van der Waals surface area contributed by atoms with Gasteiger partial charge < -0.3 is 9.80 Å². The van der Waals surface area contributed by atoms with Crippen molar-refractivity contribution in [2.24, 2.45) is 11.8 Å². The van der Waals surface area contributed by atoms with Crippen LogP contribution in [0.3, 0.4) is 0 Å². The van der Waals surface area contributed by atoms with E-state index in [0.717, 1.165) is 32.4 Å². The average molecular weight is 341 g/mol. The summed E-state index contributed by atoms with van der Waals surface area (Å²) in [5.41, 5.74) is 1.17. The minimum atomic E-state index is -0.159. The number of hydrogen-bond acceptors (Lipinski definition) is 3. The molecule has 0 spiro atoms. The van der Waals surface area contributed by atoms with Gasteiger partial charge in [0, 0.05) is 38.4 Å². The third kappa shape index (κ3) is 3.70. The van der Waals surface area contributed by atoms with Crippen LogP contribution in [0.4, 0.5) is 0 Å². The molecule has 0 unspecified atom stereocenters. The molecule has 2 aliphatic heterocycles. The van der Waals surface area contributed by atoms with Gasteiger partial charge in [0.25, 0.3) is 0 Å². The van der Waals surface area contributed by atoms with Gasteiger partial charge in [0.2, 0.25) is 11.8 Å². The molecule has 2 saturated heterocycles. The molecule has 4 rings (SSSR count). The van der Waals surface area contributed by atoms with Crippen LogP contribution in [0.2, 0.25) is 0 Å². The Hall–Kier alpha value is -1.91. The van der Waals surface area contributed by atoms with Gasteiger partial charge in [-0.05, 0) is 49.3 Å². The molecule has 2 atom stereocenters. The lowest BCUT2D eigenvalue weighted by Crippen LogP contribution is -2.40. The van der Waals surface area contributed by atoms with Crippen LogP contribution in [-0.4, -0.2) is 46.2 Å². The first kappa shape index (κ1) is 16.6. The highest BCUT2D eigenvalue weighted by Gasteiger charge is 2.40. The Balaban J connectivity index is 1.49. The number of carbonyl (C=O) groups excluding carboxylic acids is 2. The summed E-state index contributed by atoms with van der Waals surface area (Å²) in [5.74, 6) is 0.866. The first-order chi connectivity index (χ1) is 12.2. The fourth-order valence-electron chi connectivity index (χ4n) is 4.26. The number of hydrogen-bond donors (Lipinski definition) is 0. The second-order valence-corrected chi connectivity index (χ2v) is 7.82. The quantitative estimate of drug-likeness (QED) is 0.846. The number of carbonyl (C=O) groups is 2. The van der Waals surface area contributed by atoms with Gasteiger partial charge in [0.1, 0.15) is 0 Å². The van der Waals surface area contributed by atoms with E-state index in [4.69, 9.17) is 0 Å². The summed E-state index contributed by atoms with van der Waals surface area (Å²) in [5, 5.41) is 0. The van der Waals surface area contributed by atoms with Gasteiger partial charge in [-0.1, -0.05) is 12.8 Å². The van der Waals surface area contributed by atoms with Gasteiger partial charge >= 0.3 is 0 Å². The molecular weight excluding hydrogens is 314 g/mol. The SMILES string of the molecule is O=C1C[C@H](C(=O)N2CCCCC[C@H]2c2ccncc2)CN1CC1CC1. The molecular formula is C20H27N3O2. The largest absolute Gasteiger partial charge is 0.342 e. The summed E-state index contributed by atoms with van der Waals surface area (Å²) in [6.45, 7) is 2.28. The zero-order valence-corrected chi connectivity index (χ0v) is 14.8. The van der Waals surface area contributed by atoms with Crippen molar-refractivity contribution in [3.63, 3.8) is 0 Å². The van der Waals surface area contributed by atoms with Gasteiger partial charge in [0.15, 0.2) is 0 Å². The van der Waals surface area contributed by atoms with E-state index < -0.39 is 0 Å². The van der Waals surface area contributed by atoms with E-state index in [1.54, 1.807) is 12.4 Å². The lowest BCUT2D eigenvalue weighted by Gasteiger charge is -2.32. The number of pyridine rings is 1. The maximum atomic E-state index is 13.3. The van der Waals surface area contributed by atoms with Crippen molar-refractivity contribution < 1.29 is 9.59 Å². The normalized spacial score (nSPS) is 27.4. The molecule has 134 valence electrons. The van der Waals surface area contributed by atoms with Crippen molar-refractivity contribution in [1.29, 1.82) is 0 Å². The molecule has 3 heterocycles. The van der Waals surface area contributed by atoms with E-state index in [1.165, 1.54) is 24.8 Å². The first-order valence-corrected chi connectivity index (χ1v) is 9.70. The Morgan fingerprint density at radius 3 is 2.68 bits per heavy atom. The minimum Gasteiger partial charge on any atom is -0.342 e. The summed E-state index contributed by atoms with van der Waals surface area (Å²) in [6.07, 6.45) is 10.8. The third-order valence-electron chi connectivity index (χ3n) is 5.87. The first-order valence-electron chi connectivity index (χ1n) is 9.70. The van der Waals surface area contributed by atoms with Crippen molar-refractivity contribution in [1.82, 2.24) is 14.8 Å². The van der Waals surface area contributed by atoms with Crippen LogP contribution in [0.1, 0.15) is 56.6 Å². The monoisotopic (exact) mass is 341 g/mol. The van der Waals surface area contributed by atoms with Crippen molar-refractivity contribution in [3.05, 3.63) is 30.1 Å². The van der Waals surface area contributed by atoms with Gasteiger partial charge in [0.05, 0.1) is 12.0 Å². The molecule has 0 N–H and O–H groups in total. The molecule has 25 heavy (non-hydrogen) atoms. The third-order valence-corrected chi connectivity index (χ3v) is 5.87. The highest BCUT2D eigenvalue weighted by atomic mass is 16.2. The Labute approximate surface area is 149 Å². The van der Waals surface area contributed by atoms with E-state index in [-0.39, 0.29) is 23.8 Å². The summed E-state index contributed by atoms with van der Waals surface area (Å²) < 4.78 is 0. The molecule has 3 fully saturated rings. The summed E-state index contributed by atoms with van der Waals surface area (Å²) in [6, 6.07) is 4.18. The lowest BCUT2D eigenvalue weighted by atomic mass is 9.99. The molecule has 2 amide bonds. The van der Waals surface area contributed by atoms with Crippen LogP contribution in [0.5, 0.6) is 0 Å². The van der Waals surface area contributed by atoms with Gasteiger partial charge in [-0.3, -0.25) is 14.6 Å². The molecule has 1 aliphatic carbocycles. The maximum Gasteiger partial charge on any atom is 0.228 e. The molecule has 1 aromatic heterocycles. The number of rotatable bonds is 4. The number of likely N-dealkylation sites (tertiary alicyclic amines) is 2. The number of amides is 2. The van der Waals surface area contributed by atoms with Crippen LogP contribution >= 0.6 is 0 Å². The van der Waals surface area contributed by atoms with E-state index in [0.29, 0.717) is 18.9 Å². The van der Waals surface area contributed by atoms with Crippen LogP contribution in [-0.2, 0) is 9.59 Å². The fraction of sp³-hybridized carbons (Fsp3) is 0.650. The standard InChI is InChI=1S/C20H27N3O2/c24-19-12-17(14-22(19)13-15-5-6-15)20(25)23-11-3-1-2-4-18(23)16-7-9-21-10-8-16/h7-10,15,17-18H,1-6,11-14H2/t17-,18-/m0/s1. The Bertz CT molecular complexity index is 629. The Morgan fingerprint density at radius 1 is 1.12 bits per heavy atom. The van der Waals surface area contributed by atoms with Crippen LogP contribution in [0, 0.1) is 11.8 Å². The van der Waals surface area contributed by atoms with Crippen LogP contribution in [0.25, 0.3) is 0 Å². The van der Waals surface area contributed by atoms with Crippen LogP contribution < -0.4 is 0 Å². The van der Waals surface area contributed by atoms with E-state index >= 15 is 0 Å². The molecule has 5 heteroatoms. The van der Waals surface area contributed by atoms with Gasteiger partial charge in [-0.15, -0.1) is 0 Å². The fourth-order valence-corrected chi connectivity index (χ4v) is 4.26. The second-order valence-electron chi connectivity index (χ2n) is 7.82. The van der Waals surface area contributed by atoms with Gasteiger partial charge in [-0.2, -0.15) is 0 Å². The zero-order valence-electron chi connectivity index (χ0n) is 14.8. The summed E-state index contributed by atoms with van der Waals surface area (Å²) >= 11 is 0. The van der Waals surface area contributed by atoms with Crippen LogP contribution in [0.15, 0.2) is 24.5 Å². The van der Waals surface area contributed by atoms with Crippen molar-refractivity contribution in [2.75, 3.05) is 19.6 Å². The summed E-state index contributed by atoms with van der Waals surface area (Å²) in [4.78, 5) is 33.7. The molecule has 1 saturated carbocycles. The number of nitrogens with zero attached hydrogens (tertiary/aromatic N) is 3. The molecule has 3 aliphatic rings. The molecule has 1 aromatic rings. The highest BCUT2D eigenvalue weighted by molar-refractivity contribution is 5.89. The average Bonchev–Trinajstić information content (AvgIpc) is 3.41. The zero-order chi connectivity index (χ0) is 17.2. The van der Waals surface area contributed by atoms with E-state index in [9.17, 15) is 9.59 Å². The van der Waals surface area contributed by atoms with Gasteiger partial charge in [-0.25, -0.2) is 0 Å². The van der Waals surface area contributed by atoms with E-state index in [1.807, 2.05) is 17.0 Å². The maximum absolute atomic E-state index is 13.3. The molecule has 0 aromatic carbocycles. The predicted octanol–water partition coefficient (Wildman–Crippen LogP) is 2.78. The Kier molecular flexibility index (Phi) is 4.73. The van der Waals surface area contributed by atoms with E-state index in [2.05, 4.69) is 9.88 Å². The van der Waals surface area contributed by atoms with Crippen molar-refractivity contribution >= 4 is 11.8 Å². The Morgan fingerprint density at radius 2 is 1.92 bits per heavy atom. The van der Waals surface area contributed by atoms with Crippen molar-refractivity contribution in [2.45, 2.75) is 51.0 Å². The number of aromatic nitrogens is 1. The second kappa shape index (κ2) is 7.14. The molecule has 0 radical (unpaired) electrons.